The number of ether oxygens (including phenoxy) is 1. The van der Waals surface area contributed by atoms with Gasteiger partial charge in [0.05, 0.1) is 11.8 Å². The predicted molar refractivity (Wildman–Crippen MR) is 112 cm³/mol. The SMILES string of the molecule is O=C(CCCCCN1C(=O)[C@@H]2[C@H]3C=C[C@@H]([C@@H]4C[C@H]34)[C@@H]2C1=O)OCC(=O)c1ccccc1. The van der Waals surface area contributed by atoms with Crippen molar-refractivity contribution in [3.63, 3.8) is 0 Å². The largest absolute Gasteiger partial charge is 0.457 e. The van der Waals surface area contributed by atoms with Crippen molar-refractivity contribution >= 4 is 23.6 Å². The monoisotopic (exact) mass is 421 g/mol. The Bertz CT molecular complexity index is 902. The van der Waals surface area contributed by atoms with E-state index < -0.39 is 5.97 Å². The molecular weight excluding hydrogens is 394 g/mol. The van der Waals surface area contributed by atoms with Crippen molar-refractivity contribution in [2.24, 2.45) is 35.5 Å². The molecule has 1 aromatic rings. The zero-order valence-electron chi connectivity index (χ0n) is 17.4. The molecule has 5 aliphatic rings. The van der Waals surface area contributed by atoms with Crippen molar-refractivity contribution in [1.29, 1.82) is 0 Å². The van der Waals surface area contributed by atoms with E-state index in [9.17, 15) is 19.2 Å². The molecule has 0 aromatic heterocycles. The number of Topliss-reactive ketones (excluding diaryl/α,β-unsaturated/α-hetero) is 1. The van der Waals surface area contributed by atoms with Gasteiger partial charge in [-0.15, -0.1) is 0 Å². The van der Waals surface area contributed by atoms with Gasteiger partial charge in [-0.25, -0.2) is 0 Å². The second kappa shape index (κ2) is 8.06. The molecule has 2 saturated carbocycles. The number of ketones is 1. The smallest absolute Gasteiger partial charge is 0.306 e. The molecule has 2 amide bonds. The van der Waals surface area contributed by atoms with Crippen molar-refractivity contribution in [2.45, 2.75) is 32.1 Å². The fraction of sp³-hybridized carbons (Fsp3) is 0.520. The first-order valence-electron chi connectivity index (χ1n) is 11.3. The van der Waals surface area contributed by atoms with Gasteiger partial charge in [-0.1, -0.05) is 48.9 Å². The van der Waals surface area contributed by atoms with Crippen molar-refractivity contribution in [3.8, 4) is 0 Å². The van der Waals surface area contributed by atoms with E-state index in [1.54, 1.807) is 24.3 Å². The van der Waals surface area contributed by atoms with E-state index in [-0.39, 0.29) is 54.3 Å². The third kappa shape index (κ3) is 3.62. The summed E-state index contributed by atoms with van der Waals surface area (Å²) in [7, 11) is 0. The Labute approximate surface area is 181 Å². The van der Waals surface area contributed by atoms with Crippen LogP contribution < -0.4 is 0 Å². The second-order valence-electron chi connectivity index (χ2n) is 9.24. The van der Waals surface area contributed by atoms with Crippen molar-refractivity contribution in [2.75, 3.05) is 13.2 Å². The number of carbonyl (C=O) groups excluding carboxylic acids is 4. The molecule has 31 heavy (non-hydrogen) atoms. The molecule has 0 unspecified atom stereocenters. The fourth-order valence-corrected chi connectivity index (χ4v) is 5.88. The molecule has 6 heteroatoms. The van der Waals surface area contributed by atoms with E-state index in [2.05, 4.69) is 12.2 Å². The molecule has 6 atom stereocenters. The summed E-state index contributed by atoms with van der Waals surface area (Å²) in [5, 5.41) is 0. The van der Waals surface area contributed by atoms with Gasteiger partial charge in [-0.3, -0.25) is 24.1 Å². The Hall–Kier alpha value is -2.76. The van der Waals surface area contributed by atoms with Crippen molar-refractivity contribution in [1.82, 2.24) is 4.90 Å². The lowest BCUT2D eigenvalue weighted by atomic mass is 9.63. The number of likely N-dealkylation sites (tertiary alicyclic amines) is 1. The van der Waals surface area contributed by atoms with Crippen LogP contribution in [0.15, 0.2) is 42.5 Å². The maximum Gasteiger partial charge on any atom is 0.306 e. The number of imide groups is 1. The summed E-state index contributed by atoms with van der Waals surface area (Å²) in [6.07, 6.45) is 7.78. The van der Waals surface area contributed by atoms with Crippen molar-refractivity contribution in [3.05, 3.63) is 48.0 Å². The summed E-state index contributed by atoms with van der Waals surface area (Å²) >= 11 is 0. The summed E-state index contributed by atoms with van der Waals surface area (Å²) in [6, 6.07) is 8.74. The standard InChI is InChI=1S/C25H27NO5/c27-20(15-7-3-1-4-8-15)14-31-21(28)9-5-2-6-12-26-24(29)22-16-10-11-17(19-13-18(16)19)23(22)25(26)30/h1,3-4,7-8,10-11,16-19,22-23H,2,5-6,9,12-14H2/t16-,17-,18-,19+,22-,23+/m0/s1. The molecule has 0 radical (unpaired) electrons. The highest BCUT2D eigenvalue weighted by Gasteiger charge is 2.66. The summed E-state index contributed by atoms with van der Waals surface area (Å²) in [6.45, 7) is 0.182. The molecule has 3 fully saturated rings. The molecule has 6 nitrogen and oxygen atoms in total. The van der Waals surface area contributed by atoms with E-state index in [1.807, 2.05) is 6.07 Å². The Morgan fingerprint density at radius 2 is 1.55 bits per heavy atom. The summed E-state index contributed by atoms with van der Waals surface area (Å²) in [4.78, 5) is 51.1. The number of unbranched alkanes of at least 4 members (excludes halogenated alkanes) is 2. The maximum absolute atomic E-state index is 12.9. The Morgan fingerprint density at radius 3 is 2.19 bits per heavy atom. The van der Waals surface area contributed by atoms with E-state index in [0.29, 0.717) is 36.8 Å². The number of allylic oxidation sites excluding steroid dienone is 2. The highest BCUT2D eigenvalue weighted by Crippen LogP contribution is 2.65. The minimum Gasteiger partial charge on any atom is -0.457 e. The Kier molecular flexibility index (Phi) is 5.24. The highest BCUT2D eigenvalue weighted by molar-refractivity contribution is 6.06. The summed E-state index contributed by atoms with van der Waals surface area (Å²) in [5.41, 5.74) is 0.525. The number of benzene rings is 1. The van der Waals surface area contributed by atoms with Crippen LogP contribution in [0.4, 0.5) is 0 Å². The van der Waals surface area contributed by atoms with Crippen LogP contribution >= 0.6 is 0 Å². The van der Waals surface area contributed by atoms with Crippen LogP contribution in [0.3, 0.4) is 0 Å². The summed E-state index contributed by atoms with van der Waals surface area (Å²) in [5.74, 6) is 0.891. The van der Waals surface area contributed by atoms with Gasteiger partial charge in [0.25, 0.3) is 0 Å². The first kappa shape index (κ1) is 20.2. The zero-order valence-corrected chi connectivity index (χ0v) is 17.4. The van der Waals surface area contributed by atoms with Gasteiger partial charge in [-0.05, 0) is 42.9 Å². The molecular formula is C25H27NO5. The quantitative estimate of drug-likeness (QED) is 0.201. The number of amides is 2. The maximum atomic E-state index is 12.9. The minimum atomic E-state index is -0.398. The van der Waals surface area contributed by atoms with Gasteiger partial charge in [0.15, 0.2) is 12.4 Å². The molecule has 4 aliphatic carbocycles. The lowest BCUT2D eigenvalue weighted by Gasteiger charge is -2.37. The van der Waals surface area contributed by atoms with Crippen LogP contribution in [0.25, 0.3) is 0 Å². The fourth-order valence-electron chi connectivity index (χ4n) is 5.88. The topological polar surface area (TPSA) is 80.8 Å². The summed E-state index contributed by atoms with van der Waals surface area (Å²) < 4.78 is 5.07. The molecule has 1 saturated heterocycles. The van der Waals surface area contributed by atoms with Gasteiger partial charge in [-0.2, -0.15) is 0 Å². The average Bonchev–Trinajstić information content (AvgIpc) is 3.58. The highest BCUT2D eigenvalue weighted by atomic mass is 16.5. The number of hydrogen-bond acceptors (Lipinski definition) is 5. The first-order valence-corrected chi connectivity index (χ1v) is 11.3. The number of hydrogen-bond donors (Lipinski definition) is 0. The Balaban J connectivity index is 1.02. The lowest BCUT2D eigenvalue weighted by Crippen LogP contribution is -2.40. The van der Waals surface area contributed by atoms with E-state index in [1.165, 1.54) is 11.3 Å². The number of rotatable bonds is 9. The van der Waals surface area contributed by atoms with E-state index in [4.69, 9.17) is 4.74 Å². The number of carbonyl (C=O) groups is 4. The molecule has 2 bridgehead atoms. The van der Waals surface area contributed by atoms with Crippen LogP contribution in [0.1, 0.15) is 42.5 Å². The normalized spacial score (nSPS) is 32.1. The van der Waals surface area contributed by atoms with E-state index >= 15 is 0 Å². The van der Waals surface area contributed by atoms with Gasteiger partial charge in [0.2, 0.25) is 11.8 Å². The third-order valence-corrected chi connectivity index (χ3v) is 7.48. The molecule has 6 rings (SSSR count). The molecule has 1 aliphatic heterocycles. The molecule has 162 valence electrons. The van der Waals surface area contributed by atoms with Crippen LogP contribution in [0, 0.1) is 35.5 Å². The molecule has 1 heterocycles. The zero-order chi connectivity index (χ0) is 21.5. The van der Waals surface area contributed by atoms with Gasteiger partial charge < -0.3 is 4.74 Å². The van der Waals surface area contributed by atoms with Gasteiger partial charge in [0, 0.05) is 18.5 Å². The van der Waals surface area contributed by atoms with Crippen molar-refractivity contribution < 1.29 is 23.9 Å². The van der Waals surface area contributed by atoms with Gasteiger partial charge in [0.1, 0.15) is 0 Å². The lowest BCUT2D eigenvalue weighted by molar-refractivity contribution is -0.143. The van der Waals surface area contributed by atoms with Crippen LogP contribution in [-0.2, 0) is 19.1 Å². The average molecular weight is 421 g/mol. The number of nitrogens with zero attached hydrogens (tertiary/aromatic N) is 1. The molecule has 0 N–H and O–H groups in total. The Morgan fingerprint density at radius 1 is 0.903 bits per heavy atom. The van der Waals surface area contributed by atoms with Crippen LogP contribution in [-0.4, -0.2) is 41.6 Å². The second-order valence-corrected chi connectivity index (χ2v) is 9.24. The third-order valence-electron chi connectivity index (χ3n) is 7.48. The van der Waals surface area contributed by atoms with Crippen LogP contribution in [0.2, 0.25) is 0 Å². The van der Waals surface area contributed by atoms with Crippen LogP contribution in [0.5, 0.6) is 0 Å². The first-order chi connectivity index (χ1) is 15.1. The molecule has 1 aromatic carbocycles. The predicted octanol–water partition coefficient (Wildman–Crippen LogP) is 3.03. The number of esters is 1. The molecule has 0 spiro atoms. The van der Waals surface area contributed by atoms with E-state index in [0.717, 1.165) is 6.42 Å². The van der Waals surface area contributed by atoms with Gasteiger partial charge >= 0.3 is 5.97 Å². The minimum absolute atomic E-state index is 0.0125.